The van der Waals surface area contributed by atoms with Crippen LogP contribution in [0.15, 0.2) is 40.8 Å². The van der Waals surface area contributed by atoms with Crippen LogP contribution < -0.4 is 5.32 Å². The predicted molar refractivity (Wildman–Crippen MR) is 79.4 cm³/mol. The number of rotatable bonds is 6. The van der Waals surface area contributed by atoms with Crippen LogP contribution in [-0.4, -0.2) is 6.54 Å². The van der Waals surface area contributed by atoms with Crippen molar-refractivity contribution >= 4 is 0 Å². The zero-order valence-corrected chi connectivity index (χ0v) is 12.1. The summed E-state index contributed by atoms with van der Waals surface area (Å²) in [4.78, 5) is 0. The van der Waals surface area contributed by atoms with Crippen LogP contribution in [0.5, 0.6) is 0 Å². The third-order valence-electron chi connectivity index (χ3n) is 3.34. The molecule has 19 heavy (non-hydrogen) atoms. The van der Waals surface area contributed by atoms with Gasteiger partial charge < -0.3 is 9.73 Å². The van der Waals surface area contributed by atoms with E-state index in [1.165, 1.54) is 11.1 Å². The van der Waals surface area contributed by atoms with Crippen LogP contribution in [0, 0.1) is 6.92 Å². The third kappa shape index (κ3) is 3.48. The van der Waals surface area contributed by atoms with E-state index in [1.54, 1.807) is 0 Å². The smallest absolute Gasteiger partial charge is 0.125 e. The zero-order chi connectivity index (χ0) is 13.7. The second-order valence-corrected chi connectivity index (χ2v) is 4.93. The van der Waals surface area contributed by atoms with E-state index < -0.39 is 0 Å². The summed E-state index contributed by atoms with van der Waals surface area (Å²) >= 11 is 0. The standard InChI is InChI=1S/C17H23NO/c1-4-11-18-17(16-10-9-13(3)19-16)15-8-6-7-14(5-2)12-15/h6-10,12,17-18H,4-5,11H2,1-3H3. The molecule has 1 heterocycles. The van der Waals surface area contributed by atoms with Crippen molar-refractivity contribution in [2.75, 3.05) is 6.54 Å². The molecule has 1 aromatic heterocycles. The highest BCUT2D eigenvalue weighted by Crippen LogP contribution is 2.24. The normalized spacial score (nSPS) is 12.6. The molecule has 1 unspecified atom stereocenters. The summed E-state index contributed by atoms with van der Waals surface area (Å²) in [5.41, 5.74) is 2.64. The lowest BCUT2D eigenvalue weighted by atomic mass is 10.0. The molecule has 1 atom stereocenters. The Kier molecular flexibility index (Phi) is 4.80. The van der Waals surface area contributed by atoms with Crippen LogP contribution in [0.4, 0.5) is 0 Å². The lowest BCUT2D eigenvalue weighted by Crippen LogP contribution is -2.22. The summed E-state index contributed by atoms with van der Waals surface area (Å²) in [5.74, 6) is 1.96. The maximum Gasteiger partial charge on any atom is 0.125 e. The van der Waals surface area contributed by atoms with Gasteiger partial charge in [-0.15, -0.1) is 0 Å². The average Bonchev–Trinajstić information content (AvgIpc) is 2.86. The molecule has 0 aliphatic rings. The maximum absolute atomic E-state index is 5.81. The fraction of sp³-hybridized carbons (Fsp3) is 0.412. The molecule has 1 N–H and O–H groups in total. The van der Waals surface area contributed by atoms with Crippen molar-refractivity contribution in [3.05, 3.63) is 59.0 Å². The van der Waals surface area contributed by atoms with Gasteiger partial charge in [-0.3, -0.25) is 0 Å². The molecule has 0 fully saturated rings. The van der Waals surface area contributed by atoms with Crippen LogP contribution in [0.3, 0.4) is 0 Å². The molecule has 0 bridgehead atoms. The maximum atomic E-state index is 5.81. The first-order valence-corrected chi connectivity index (χ1v) is 7.13. The third-order valence-corrected chi connectivity index (χ3v) is 3.34. The molecule has 2 aromatic rings. The summed E-state index contributed by atoms with van der Waals surface area (Å²) in [6, 6.07) is 13.0. The molecule has 102 valence electrons. The molecule has 0 amide bonds. The minimum Gasteiger partial charge on any atom is -0.464 e. The van der Waals surface area contributed by atoms with Crippen LogP contribution in [0.25, 0.3) is 0 Å². The number of nitrogens with one attached hydrogen (secondary N) is 1. The monoisotopic (exact) mass is 257 g/mol. The Morgan fingerprint density at radius 2 is 2.00 bits per heavy atom. The lowest BCUT2D eigenvalue weighted by Gasteiger charge is -2.17. The van der Waals surface area contributed by atoms with Gasteiger partial charge in [0.05, 0.1) is 6.04 Å². The second kappa shape index (κ2) is 6.58. The molecule has 0 saturated heterocycles. The van der Waals surface area contributed by atoms with E-state index in [9.17, 15) is 0 Å². The van der Waals surface area contributed by atoms with Crippen LogP contribution in [-0.2, 0) is 6.42 Å². The first-order valence-electron chi connectivity index (χ1n) is 7.13. The van der Waals surface area contributed by atoms with Gasteiger partial charge in [0, 0.05) is 0 Å². The minimum atomic E-state index is 0.153. The van der Waals surface area contributed by atoms with Crippen LogP contribution in [0.1, 0.15) is 49.0 Å². The Morgan fingerprint density at radius 1 is 1.16 bits per heavy atom. The Hall–Kier alpha value is -1.54. The van der Waals surface area contributed by atoms with Crippen LogP contribution in [0.2, 0.25) is 0 Å². The van der Waals surface area contributed by atoms with Crippen molar-refractivity contribution in [2.24, 2.45) is 0 Å². The number of furan rings is 1. The van der Waals surface area contributed by atoms with Gasteiger partial charge in [0.15, 0.2) is 0 Å². The van der Waals surface area contributed by atoms with Crippen molar-refractivity contribution < 1.29 is 4.42 Å². The number of aryl methyl sites for hydroxylation is 2. The number of benzene rings is 1. The molecule has 0 spiro atoms. The Labute approximate surface area is 115 Å². The first-order chi connectivity index (χ1) is 9.24. The zero-order valence-electron chi connectivity index (χ0n) is 12.1. The van der Waals surface area contributed by atoms with Crippen molar-refractivity contribution in [1.29, 1.82) is 0 Å². The summed E-state index contributed by atoms with van der Waals surface area (Å²) in [7, 11) is 0. The molecular weight excluding hydrogens is 234 g/mol. The topological polar surface area (TPSA) is 25.2 Å². The Morgan fingerprint density at radius 3 is 2.63 bits per heavy atom. The Bertz CT molecular complexity index is 515. The van der Waals surface area contributed by atoms with Gasteiger partial charge in [0.25, 0.3) is 0 Å². The quantitative estimate of drug-likeness (QED) is 0.837. The van der Waals surface area contributed by atoms with Gasteiger partial charge in [0.2, 0.25) is 0 Å². The molecule has 2 heteroatoms. The molecule has 0 saturated carbocycles. The van der Waals surface area contributed by atoms with Crippen molar-refractivity contribution in [2.45, 2.75) is 39.7 Å². The lowest BCUT2D eigenvalue weighted by molar-refractivity contribution is 0.430. The van der Waals surface area contributed by atoms with Gasteiger partial charge in [-0.05, 0) is 49.6 Å². The van der Waals surface area contributed by atoms with Crippen LogP contribution >= 0.6 is 0 Å². The SMILES string of the molecule is CCCNC(c1cccc(CC)c1)c1ccc(C)o1. The number of hydrogen-bond acceptors (Lipinski definition) is 2. The van der Waals surface area contributed by atoms with Gasteiger partial charge in [-0.25, -0.2) is 0 Å². The molecule has 0 aliphatic carbocycles. The van der Waals surface area contributed by atoms with E-state index >= 15 is 0 Å². The molecule has 2 nitrogen and oxygen atoms in total. The Balaban J connectivity index is 2.30. The highest BCUT2D eigenvalue weighted by molar-refractivity contribution is 5.31. The average molecular weight is 257 g/mol. The molecule has 2 rings (SSSR count). The van der Waals surface area contributed by atoms with E-state index in [1.807, 2.05) is 13.0 Å². The van der Waals surface area contributed by atoms with Gasteiger partial charge >= 0.3 is 0 Å². The van der Waals surface area contributed by atoms with Crippen molar-refractivity contribution in [3.8, 4) is 0 Å². The fourth-order valence-corrected chi connectivity index (χ4v) is 2.27. The van der Waals surface area contributed by atoms with E-state index in [2.05, 4.69) is 49.5 Å². The summed E-state index contributed by atoms with van der Waals surface area (Å²) in [6.45, 7) is 7.34. The largest absolute Gasteiger partial charge is 0.464 e. The molecule has 1 aromatic carbocycles. The van der Waals surface area contributed by atoms with Gasteiger partial charge in [-0.1, -0.05) is 38.1 Å². The highest BCUT2D eigenvalue weighted by atomic mass is 16.3. The highest BCUT2D eigenvalue weighted by Gasteiger charge is 2.16. The fourth-order valence-electron chi connectivity index (χ4n) is 2.27. The van der Waals surface area contributed by atoms with Crippen molar-refractivity contribution in [1.82, 2.24) is 5.32 Å². The van der Waals surface area contributed by atoms with E-state index in [0.29, 0.717) is 0 Å². The molecule has 0 aliphatic heterocycles. The van der Waals surface area contributed by atoms with E-state index in [-0.39, 0.29) is 6.04 Å². The minimum absolute atomic E-state index is 0.153. The molecule has 0 radical (unpaired) electrons. The second-order valence-electron chi connectivity index (χ2n) is 4.93. The number of hydrogen-bond donors (Lipinski definition) is 1. The predicted octanol–water partition coefficient (Wildman–Crippen LogP) is 4.24. The summed E-state index contributed by atoms with van der Waals surface area (Å²) in [5, 5.41) is 3.57. The van der Waals surface area contributed by atoms with Crippen molar-refractivity contribution in [3.63, 3.8) is 0 Å². The molecular formula is C17H23NO. The summed E-state index contributed by atoms with van der Waals surface area (Å²) in [6.07, 6.45) is 2.18. The first kappa shape index (κ1) is 13.9. The van der Waals surface area contributed by atoms with E-state index in [0.717, 1.165) is 30.9 Å². The summed E-state index contributed by atoms with van der Waals surface area (Å²) < 4.78 is 5.81. The van der Waals surface area contributed by atoms with Gasteiger partial charge in [-0.2, -0.15) is 0 Å². The van der Waals surface area contributed by atoms with Gasteiger partial charge in [0.1, 0.15) is 11.5 Å². The van der Waals surface area contributed by atoms with E-state index in [4.69, 9.17) is 4.42 Å².